The van der Waals surface area contributed by atoms with E-state index in [1.54, 1.807) is 10.9 Å². The molecular formula is C11H11ClN2O. The first kappa shape index (κ1) is 10.2. The second-order valence-electron chi connectivity index (χ2n) is 3.20. The maximum Gasteiger partial charge on any atom is 0.0641 e. The van der Waals surface area contributed by atoms with Gasteiger partial charge in [-0.2, -0.15) is 5.10 Å². The van der Waals surface area contributed by atoms with E-state index in [2.05, 4.69) is 5.10 Å². The molecule has 0 aliphatic rings. The standard InChI is InChI=1S/C11H11ClN2O/c12-11-4-2-1-3-10(11)9-7-13-14(8-9)5-6-15/h1-4,7-8,15H,5-6H2. The molecule has 1 N–H and O–H groups in total. The van der Waals surface area contributed by atoms with E-state index in [0.717, 1.165) is 11.1 Å². The van der Waals surface area contributed by atoms with Crippen molar-refractivity contribution in [2.45, 2.75) is 6.54 Å². The number of benzene rings is 1. The van der Waals surface area contributed by atoms with Gasteiger partial charge in [-0.1, -0.05) is 29.8 Å². The molecule has 0 saturated heterocycles. The Morgan fingerprint density at radius 3 is 2.87 bits per heavy atom. The molecule has 0 saturated carbocycles. The molecule has 0 spiro atoms. The largest absolute Gasteiger partial charge is 0.394 e. The number of aliphatic hydroxyl groups excluding tert-OH is 1. The molecule has 0 fully saturated rings. The van der Waals surface area contributed by atoms with Crippen molar-refractivity contribution in [1.29, 1.82) is 0 Å². The van der Waals surface area contributed by atoms with Crippen LogP contribution in [0.5, 0.6) is 0 Å². The molecule has 0 radical (unpaired) electrons. The molecule has 1 heterocycles. The minimum absolute atomic E-state index is 0.0869. The number of aliphatic hydroxyl groups is 1. The van der Waals surface area contributed by atoms with Crippen LogP contribution in [0.15, 0.2) is 36.7 Å². The molecule has 0 aliphatic heterocycles. The van der Waals surface area contributed by atoms with Crippen molar-refractivity contribution in [1.82, 2.24) is 9.78 Å². The fourth-order valence-corrected chi connectivity index (χ4v) is 1.67. The highest BCUT2D eigenvalue weighted by molar-refractivity contribution is 6.33. The summed E-state index contributed by atoms with van der Waals surface area (Å²) in [5.74, 6) is 0. The van der Waals surface area contributed by atoms with Gasteiger partial charge in [0.05, 0.1) is 19.3 Å². The first-order valence-electron chi connectivity index (χ1n) is 4.69. The van der Waals surface area contributed by atoms with Gasteiger partial charge in [0, 0.05) is 22.3 Å². The van der Waals surface area contributed by atoms with E-state index >= 15 is 0 Å². The third kappa shape index (κ3) is 2.19. The van der Waals surface area contributed by atoms with Gasteiger partial charge in [-0.25, -0.2) is 0 Å². The van der Waals surface area contributed by atoms with Crippen molar-refractivity contribution in [2.75, 3.05) is 6.61 Å². The van der Waals surface area contributed by atoms with E-state index in [1.807, 2.05) is 30.5 Å². The van der Waals surface area contributed by atoms with Crippen LogP contribution in [0.3, 0.4) is 0 Å². The van der Waals surface area contributed by atoms with Crippen LogP contribution in [0.25, 0.3) is 11.1 Å². The summed E-state index contributed by atoms with van der Waals surface area (Å²) in [5.41, 5.74) is 1.93. The third-order valence-corrected chi connectivity index (χ3v) is 2.48. The molecule has 0 atom stereocenters. The Hall–Kier alpha value is -1.32. The van der Waals surface area contributed by atoms with Crippen LogP contribution in [-0.2, 0) is 6.54 Å². The number of rotatable bonds is 3. The summed E-state index contributed by atoms with van der Waals surface area (Å²) < 4.78 is 1.69. The predicted molar refractivity (Wildman–Crippen MR) is 59.8 cm³/mol. The molecule has 15 heavy (non-hydrogen) atoms. The summed E-state index contributed by atoms with van der Waals surface area (Å²) >= 11 is 6.06. The fraction of sp³-hybridized carbons (Fsp3) is 0.182. The molecule has 0 unspecified atom stereocenters. The van der Waals surface area contributed by atoms with E-state index in [0.29, 0.717) is 11.6 Å². The Labute approximate surface area is 92.9 Å². The minimum Gasteiger partial charge on any atom is -0.394 e. The smallest absolute Gasteiger partial charge is 0.0641 e. The van der Waals surface area contributed by atoms with E-state index in [9.17, 15) is 0 Å². The molecule has 1 aromatic carbocycles. The molecule has 1 aromatic heterocycles. The predicted octanol–water partition coefficient (Wildman–Crippen LogP) is 2.20. The number of hydrogen-bond donors (Lipinski definition) is 1. The zero-order valence-electron chi connectivity index (χ0n) is 8.10. The first-order chi connectivity index (χ1) is 7.31. The fourth-order valence-electron chi connectivity index (χ4n) is 1.42. The third-order valence-electron chi connectivity index (χ3n) is 2.15. The lowest BCUT2D eigenvalue weighted by atomic mass is 10.1. The van der Waals surface area contributed by atoms with Gasteiger partial charge in [0.25, 0.3) is 0 Å². The number of halogens is 1. The van der Waals surface area contributed by atoms with Crippen molar-refractivity contribution < 1.29 is 5.11 Å². The summed E-state index contributed by atoms with van der Waals surface area (Å²) in [6.07, 6.45) is 3.62. The van der Waals surface area contributed by atoms with E-state index < -0.39 is 0 Å². The van der Waals surface area contributed by atoms with Gasteiger partial charge < -0.3 is 5.11 Å². The molecule has 0 aliphatic carbocycles. The van der Waals surface area contributed by atoms with E-state index in [-0.39, 0.29) is 6.61 Å². The number of aromatic nitrogens is 2. The Morgan fingerprint density at radius 1 is 1.33 bits per heavy atom. The Bertz CT molecular complexity index is 453. The van der Waals surface area contributed by atoms with Crippen molar-refractivity contribution in [3.05, 3.63) is 41.7 Å². The quantitative estimate of drug-likeness (QED) is 0.865. The van der Waals surface area contributed by atoms with E-state index in [4.69, 9.17) is 16.7 Å². The highest BCUT2D eigenvalue weighted by Crippen LogP contribution is 2.26. The van der Waals surface area contributed by atoms with Crippen molar-refractivity contribution in [2.24, 2.45) is 0 Å². The average molecular weight is 223 g/mol. The zero-order valence-corrected chi connectivity index (χ0v) is 8.85. The maximum absolute atomic E-state index is 8.77. The molecule has 3 nitrogen and oxygen atoms in total. The zero-order chi connectivity index (χ0) is 10.7. The summed E-state index contributed by atoms with van der Waals surface area (Å²) in [6, 6.07) is 7.62. The molecule has 2 aromatic rings. The summed E-state index contributed by atoms with van der Waals surface area (Å²) in [4.78, 5) is 0. The number of hydrogen-bond acceptors (Lipinski definition) is 2. The first-order valence-corrected chi connectivity index (χ1v) is 5.07. The van der Waals surface area contributed by atoms with Gasteiger partial charge >= 0.3 is 0 Å². The summed E-state index contributed by atoms with van der Waals surface area (Å²) in [7, 11) is 0. The lowest BCUT2D eigenvalue weighted by Crippen LogP contribution is -2.01. The molecule has 0 amide bonds. The van der Waals surface area contributed by atoms with Gasteiger partial charge in [-0.05, 0) is 6.07 Å². The van der Waals surface area contributed by atoms with Gasteiger partial charge in [0.2, 0.25) is 0 Å². The Kier molecular flexibility index (Phi) is 3.04. The highest BCUT2D eigenvalue weighted by atomic mass is 35.5. The van der Waals surface area contributed by atoms with Crippen LogP contribution in [0.2, 0.25) is 5.02 Å². The summed E-state index contributed by atoms with van der Waals surface area (Å²) in [6.45, 7) is 0.591. The molecule has 78 valence electrons. The molecular weight excluding hydrogens is 212 g/mol. The monoisotopic (exact) mass is 222 g/mol. The van der Waals surface area contributed by atoms with Crippen LogP contribution in [0, 0.1) is 0 Å². The van der Waals surface area contributed by atoms with Crippen LogP contribution >= 0.6 is 11.6 Å². The lowest BCUT2D eigenvalue weighted by molar-refractivity contribution is 0.269. The second kappa shape index (κ2) is 4.47. The topological polar surface area (TPSA) is 38.0 Å². The SMILES string of the molecule is OCCn1cc(-c2ccccc2Cl)cn1. The minimum atomic E-state index is 0.0869. The average Bonchev–Trinajstić information content (AvgIpc) is 2.68. The van der Waals surface area contributed by atoms with Crippen molar-refractivity contribution >= 4 is 11.6 Å². The van der Waals surface area contributed by atoms with Crippen LogP contribution < -0.4 is 0 Å². The number of nitrogens with zero attached hydrogens (tertiary/aromatic N) is 2. The highest BCUT2D eigenvalue weighted by Gasteiger charge is 2.04. The van der Waals surface area contributed by atoms with Crippen molar-refractivity contribution in [3.63, 3.8) is 0 Å². The van der Waals surface area contributed by atoms with Crippen LogP contribution in [0.1, 0.15) is 0 Å². The second-order valence-corrected chi connectivity index (χ2v) is 3.60. The Balaban J connectivity index is 2.33. The summed E-state index contributed by atoms with van der Waals surface area (Å²) in [5, 5.41) is 13.6. The molecule has 4 heteroatoms. The lowest BCUT2D eigenvalue weighted by Gasteiger charge is -1.99. The van der Waals surface area contributed by atoms with Gasteiger partial charge in [0.15, 0.2) is 0 Å². The van der Waals surface area contributed by atoms with Gasteiger partial charge in [-0.3, -0.25) is 4.68 Å². The maximum atomic E-state index is 8.77. The molecule has 0 bridgehead atoms. The van der Waals surface area contributed by atoms with Gasteiger partial charge in [0.1, 0.15) is 0 Å². The normalized spacial score (nSPS) is 10.5. The Morgan fingerprint density at radius 2 is 2.13 bits per heavy atom. The van der Waals surface area contributed by atoms with Gasteiger partial charge in [-0.15, -0.1) is 0 Å². The van der Waals surface area contributed by atoms with Crippen LogP contribution in [0.4, 0.5) is 0 Å². The molecule has 2 rings (SSSR count). The van der Waals surface area contributed by atoms with E-state index in [1.165, 1.54) is 0 Å². The van der Waals surface area contributed by atoms with Crippen molar-refractivity contribution in [3.8, 4) is 11.1 Å². The van der Waals surface area contributed by atoms with Crippen LogP contribution in [-0.4, -0.2) is 21.5 Å².